The summed E-state index contributed by atoms with van der Waals surface area (Å²) in [5.74, 6) is -0.0341. The van der Waals surface area contributed by atoms with Crippen molar-refractivity contribution in [2.24, 2.45) is 0 Å². The number of nitrogens with one attached hydrogen (secondary N) is 1. The summed E-state index contributed by atoms with van der Waals surface area (Å²) < 4.78 is 16.1. The van der Waals surface area contributed by atoms with Crippen LogP contribution in [0.3, 0.4) is 0 Å². The van der Waals surface area contributed by atoms with Gasteiger partial charge in [-0.15, -0.1) is 0 Å². The minimum Gasteiger partial charge on any atom is -0.493 e. The molecule has 0 atom stereocenters. The van der Waals surface area contributed by atoms with Crippen LogP contribution >= 0.6 is 11.6 Å². The van der Waals surface area contributed by atoms with Gasteiger partial charge in [0.2, 0.25) is 5.75 Å². The number of pyridine rings is 1. The van der Waals surface area contributed by atoms with Gasteiger partial charge in [0.05, 0.1) is 49.2 Å². The average molecular weight is 465 g/mol. The predicted molar refractivity (Wildman–Crippen MR) is 122 cm³/mol. The van der Waals surface area contributed by atoms with E-state index in [0.717, 1.165) is 10.5 Å². The van der Waals surface area contributed by atoms with Crippen molar-refractivity contribution < 1.29 is 23.8 Å². The van der Waals surface area contributed by atoms with Crippen LogP contribution in [0.2, 0.25) is 5.02 Å². The van der Waals surface area contributed by atoms with Crippen molar-refractivity contribution in [2.45, 2.75) is 0 Å². The Kier molecular flexibility index (Phi) is 4.90. The summed E-state index contributed by atoms with van der Waals surface area (Å²) >= 11 is 6.01. The van der Waals surface area contributed by atoms with Gasteiger partial charge in [0.25, 0.3) is 11.8 Å². The molecule has 4 aromatic rings. The Morgan fingerprint density at radius 1 is 0.939 bits per heavy atom. The highest BCUT2D eigenvalue weighted by atomic mass is 35.5. The molecule has 3 heterocycles. The van der Waals surface area contributed by atoms with Crippen LogP contribution in [-0.4, -0.2) is 48.3 Å². The number of imide groups is 1. The molecule has 9 nitrogen and oxygen atoms in total. The van der Waals surface area contributed by atoms with Gasteiger partial charge in [-0.3, -0.25) is 14.7 Å². The third-order valence-corrected chi connectivity index (χ3v) is 5.73. The molecular weight excluding hydrogens is 448 g/mol. The van der Waals surface area contributed by atoms with Crippen molar-refractivity contribution >= 4 is 40.1 Å². The molecule has 0 unspecified atom stereocenters. The maximum absolute atomic E-state index is 13.6. The predicted octanol–water partition coefficient (Wildman–Crippen LogP) is 4.10. The highest BCUT2D eigenvalue weighted by Crippen LogP contribution is 2.43. The van der Waals surface area contributed by atoms with Crippen LogP contribution in [0.5, 0.6) is 17.2 Å². The second kappa shape index (κ2) is 7.79. The van der Waals surface area contributed by atoms with Gasteiger partial charge in [0.1, 0.15) is 0 Å². The molecule has 2 aromatic heterocycles. The number of aromatic amines is 1. The minimum atomic E-state index is -0.512. The Morgan fingerprint density at radius 2 is 1.61 bits per heavy atom. The van der Waals surface area contributed by atoms with Gasteiger partial charge < -0.3 is 14.2 Å². The number of methoxy groups -OCH3 is 3. The quantitative estimate of drug-likeness (QED) is 0.443. The number of aromatic nitrogens is 3. The molecule has 1 aliphatic rings. The number of nitrogens with zero attached hydrogens (tertiary/aromatic N) is 3. The molecule has 33 heavy (non-hydrogen) atoms. The number of carbonyl (C=O) groups excluding carboxylic acids is 2. The molecule has 0 saturated carbocycles. The molecule has 0 spiro atoms. The van der Waals surface area contributed by atoms with Gasteiger partial charge in [-0.25, -0.2) is 9.88 Å². The van der Waals surface area contributed by atoms with Crippen LogP contribution in [0.15, 0.2) is 42.6 Å². The van der Waals surface area contributed by atoms with Crippen molar-refractivity contribution in [1.29, 1.82) is 0 Å². The molecule has 2 aromatic carbocycles. The van der Waals surface area contributed by atoms with E-state index < -0.39 is 11.8 Å². The number of fused-ring (bicyclic) bond motifs is 3. The van der Waals surface area contributed by atoms with Crippen LogP contribution in [0.25, 0.3) is 22.3 Å². The number of ether oxygens (including phenoxy) is 3. The van der Waals surface area contributed by atoms with E-state index in [2.05, 4.69) is 15.2 Å². The number of hydrogen-bond acceptors (Lipinski definition) is 7. The van der Waals surface area contributed by atoms with Gasteiger partial charge in [-0.1, -0.05) is 23.7 Å². The first-order chi connectivity index (χ1) is 16.0. The number of hydrogen-bond donors (Lipinski definition) is 1. The Labute approximate surface area is 192 Å². The number of halogens is 1. The lowest BCUT2D eigenvalue weighted by Gasteiger charge is -2.18. The summed E-state index contributed by atoms with van der Waals surface area (Å²) in [5.41, 5.74) is 2.32. The fraction of sp³-hybridized carbons (Fsp3) is 0.130. The van der Waals surface area contributed by atoms with Gasteiger partial charge in [-0.2, -0.15) is 5.10 Å². The lowest BCUT2D eigenvalue weighted by atomic mass is 10.0. The van der Waals surface area contributed by atoms with Gasteiger partial charge >= 0.3 is 0 Å². The second-order valence-corrected chi connectivity index (χ2v) is 7.62. The third kappa shape index (κ3) is 3.08. The lowest BCUT2D eigenvalue weighted by molar-refractivity contribution is 0.0926. The Balaban J connectivity index is 1.69. The highest BCUT2D eigenvalue weighted by Gasteiger charge is 2.40. The zero-order valence-electron chi connectivity index (χ0n) is 17.8. The van der Waals surface area contributed by atoms with Crippen molar-refractivity contribution in [3.05, 3.63) is 58.7 Å². The van der Waals surface area contributed by atoms with E-state index in [9.17, 15) is 9.59 Å². The first-order valence-corrected chi connectivity index (χ1v) is 10.2. The summed E-state index contributed by atoms with van der Waals surface area (Å²) in [6, 6.07) is 10.1. The van der Waals surface area contributed by atoms with E-state index in [1.54, 1.807) is 36.4 Å². The van der Waals surface area contributed by atoms with Crippen molar-refractivity contribution in [1.82, 2.24) is 15.2 Å². The standard InChI is InChI=1S/C23H17ClN4O5/c1-31-15-8-13(9-16(32-2)20(15)33-3)28-22(29)14-10-25-21-18(17(14)23(28)30)19(26-27-21)11-4-6-12(24)7-5-11/h4-10H,1-3H3,(H,25,26,27). The molecule has 0 fully saturated rings. The molecule has 2 amide bonds. The zero-order valence-corrected chi connectivity index (χ0v) is 18.6. The fourth-order valence-corrected chi connectivity index (χ4v) is 4.08. The Morgan fingerprint density at radius 3 is 2.21 bits per heavy atom. The van der Waals surface area contributed by atoms with Gasteiger partial charge in [0.15, 0.2) is 17.1 Å². The summed E-state index contributed by atoms with van der Waals surface area (Å²) in [4.78, 5) is 32.3. The summed E-state index contributed by atoms with van der Waals surface area (Å²) in [6.45, 7) is 0. The molecule has 0 saturated heterocycles. The molecule has 1 aliphatic heterocycles. The van der Waals surface area contributed by atoms with Gasteiger partial charge in [0, 0.05) is 28.9 Å². The number of rotatable bonds is 5. The fourth-order valence-electron chi connectivity index (χ4n) is 3.95. The third-order valence-electron chi connectivity index (χ3n) is 5.47. The largest absolute Gasteiger partial charge is 0.493 e. The Hall–Kier alpha value is -4.11. The molecule has 166 valence electrons. The normalized spacial score (nSPS) is 12.9. The van der Waals surface area contributed by atoms with Crippen molar-refractivity contribution in [3.8, 4) is 28.5 Å². The highest BCUT2D eigenvalue weighted by molar-refractivity contribution is 6.38. The lowest BCUT2D eigenvalue weighted by Crippen LogP contribution is -2.29. The van der Waals surface area contributed by atoms with Crippen LogP contribution in [0.4, 0.5) is 5.69 Å². The van der Waals surface area contributed by atoms with Crippen molar-refractivity contribution in [2.75, 3.05) is 26.2 Å². The summed E-state index contributed by atoms with van der Waals surface area (Å²) in [5, 5.41) is 8.18. The van der Waals surface area contributed by atoms with Crippen LogP contribution in [-0.2, 0) is 0 Å². The molecule has 0 aliphatic carbocycles. The summed E-state index contributed by atoms with van der Waals surface area (Å²) in [7, 11) is 4.39. The van der Waals surface area contributed by atoms with E-state index in [4.69, 9.17) is 25.8 Å². The van der Waals surface area contributed by atoms with Gasteiger partial charge in [-0.05, 0) is 12.1 Å². The van der Waals surface area contributed by atoms with Crippen LogP contribution < -0.4 is 19.1 Å². The maximum atomic E-state index is 13.6. The first-order valence-electron chi connectivity index (χ1n) is 9.80. The number of H-pyrrole nitrogens is 1. The minimum absolute atomic E-state index is 0.179. The average Bonchev–Trinajstić information content (AvgIpc) is 3.37. The molecule has 5 rings (SSSR count). The molecule has 1 N–H and O–H groups in total. The van der Waals surface area contributed by atoms with E-state index in [1.165, 1.54) is 27.5 Å². The van der Waals surface area contributed by atoms with E-state index in [-0.39, 0.29) is 16.8 Å². The van der Waals surface area contributed by atoms with E-state index >= 15 is 0 Å². The van der Waals surface area contributed by atoms with Crippen LogP contribution in [0.1, 0.15) is 20.7 Å². The number of benzene rings is 2. The van der Waals surface area contributed by atoms with E-state index in [1.807, 2.05) is 0 Å². The van der Waals surface area contributed by atoms with Crippen LogP contribution in [0, 0.1) is 0 Å². The first kappa shape index (κ1) is 20.8. The number of amides is 2. The topological polar surface area (TPSA) is 107 Å². The molecular formula is C23H17ClN4O5. The monoisotopic (exact) mass is 464 g/mol. The zero-order chi connectivity index (χ0) is 23.3. The maximum Gasteiger partial charge on any atom is 0.267 e. The second-order valence-electron chi connectivity index (χ2n) is 7.18. The number of carbonyl (C=O) groups is 2. The smallest absolute Gasteiger partial charge is 0.267 e. The molecule has 0 radical (unpaired) electrons. The Bertz CT molecular complexity index is 1410. The van der Waals surface area contributed by atoms with Crippen molar-refractivity contribution in [3.63, 3.8) is 0 Å². The number of anilines is 1. The molecule has 10 heteroatoms. The molecule has 0 bridgehead atoms. The van der Waals surface area contributed by atoms with E-state index in [0.29, 0.717) is 39.0 Å². The summed E-state index contributed by atoms with van der Waals surface area (Å²) in [6.07, 6.45) is 1.36. The SMILES string of the molecule is COc1cc(N2C(=O)c3cnc4n[nH]c(-c5ccc(Cl)cc5)c4c3C2=O)cc(OC)c1OC.